The van der Waals surface area contributed by atoms with Gasteiger partial charge in [-0.25, -0.2) is 18.9 Å². The number of fused-ring (bicyclic) bond motifs is 4. The lowest BCUT2D eigenvalue weighted by atomic mass is 10.0. The van der Waals surface area contributed by atoms with Crippen LogP contribution in [0.15, 0.2) is 36.8 Å². The number of carbonyl (C=O) groups excluding carboxylic acids is 1. The minimum atomic E-state index is -1.52. The van der Waals surface area contributed by atoms with Crippen molar-refractivity contribution in [2.24, 2.45) is 0 Å². The Morgan fingerprint density at radius 1 is 1.23 bits per heavy atom. The van der Waals surface area contributed by atoms with Crippen molar-refractivity contribution in [3.05, 3.63) is 48.0 Å². The summed E-state index contributed by atoms with van der Waals surface area (Å²) >= 11 is 0. The molecule has 1 fully saturated rings. The molecular weight excluding hydrogens is 405 g/mol. The molecule has 0 radical (unpaired) electrons. The van der Waals surface area contributed by atoms with E-state index in [-0.39, 0.29) is 19.4 Å². The van der Waals surface area contributed by atoms with E-state index in [0.717, 1.165) is 19.3 Å². The Balaban J connectivity index is 1.79. The first-order valence-corrected chi connectivity index (χ1v) is 10.3. The number of hydrogen-bond donors (Lipinski definition) is 1. The van der Waals surface area contributed by atoms with Gasteiger partial charge >= 0.3 is 6.09 Å². The van der Waals surface area contributed by atoms with Gasteiger partial charge in [-0.3, -0.25) is 4.98 Å². The van der Waals surface area contributed by atoms with E-state index in [9.17, 15) is 4.79 Å². The maximum Gasteiger partial charge on any atom is 0.408 e. The minimum Gasteiger partial charge on any atom is -0.490 e. The average molecular weight is 427 g/mol. The van der Waals surface area contributed by atoms with Crippen LogP contribution in [0.5, 0.6) is 5.75 Å². The largest absolute Gasteiger partial charge is 0.490 e. The second kappa shape index (κ2) is 8.46. The Morgan fingerprint density at radius 3 is 3.03 bits per heavy atom. The number of hydrogen-bond acceptors (Lipinski definition) is 7. The van der Waals surface area contributed by atoms with E-state index >= 15 is 4.39 Å². The Kier molecular flexibility index (Phi) is 5.37. The molecule has 3 aliphatic heterocycles. The first-order chi connectivity index (χ1) is 15.2. The molecule has 2 aromatic rings. The van der Waals surface area contributed by atoms with Crippen LogP contribution < -0.4 is 10.1 Å². The van der Waals surface area contributed by atoms with Crippen LogP contribution in [0.1, 0.15) is 42.8 Å². The highest BCUT2D eigenvalue weighted by Gasteiger charge is 2.32. The van der Waals surface area contributed by atoms with Crippen LogP contribution in [0, 0.1) is 0 Å². The minimum absolute atomic E-state index is 0.0837. The third-order valence-electron chi connectivity index (χ3n) is 5.39. The number of halogens is 1. The normalized spacial score (nSPS) is 24.5. The summed E-state index contributed by atoms with van der Waals surface area (Å²) in [5.41, 5.74) is 1.72. The number of aromatic nitrogens is 4. The number of nitrogens with one attached hydrogen (secondary N) is 1. The molecule has 9 nitrogen and oxygen atoms in total. The third kappa shape index (κ3) is 4.15. The first kappa shape index (κ1) is 19.7. The second-order valence-corrected chi connectivity index (χ2v) is 7.58. The molecule has 1 amide bonds. The second-order valence-electron chi connectivity index (χ2n) is 7.58. The number of alkyl halides is 1. The van der Waals surface area contributed by atoms with Crippen molar-refractivity contribution >= 4 is 6.09 Å². The van der Waals surface area contributed by atoms with Crippen LogP contribution in [0.4, 0.5) is 9.18 Å². The molecular formula is C21H22FN5O4. The third-order valence-corrected chi connectivity index (χ3v) is 5.39. The molecule has 31 heavy (non-hydrogen) atoms. The molecule has 10 heteroatoms. The van der Waals surface area contributed by atoms with Crippen LogP contribution >= 0.6 is 0 Å². The average Bonchev–Trinajstić information content (AvgIpc) is 2.88. The fraction of sp³-hybridized carbons (Fsp3) is 0.429. The van der Waals surface area contributed by atoms with Crippen LogP contribution in [-0.4, -0.2) is 45.2 Å². The highest BCUT2D eigenvalue weighted by atomic mass is 19.1. The van der Waals surface area contributed by atoms with Gasteiger partial charge in [0.05, 0.1) is 24.1 Å². The molecule has 0 saturated carbocycles. The Morgan fingerprint density at radius 2 is 2.16 bits per heavy atom. The number of nitrogens with zero attached hydrogens (tertiary/aromatic N) is 4. The smallest absolute Gasteiger partial charge is 0.408 e. The Labute approximate surface area is 177 Å². The van der Waals surface area contributed by atoms with Crippen molar-refractivity contribution in [1.29, 1.82) is 0 Å². The molecule has 2 aromatic heterocycles. The highest BCUT2D eigenvalue weighted by molar-refractivity contribution is 5.70. The van der Waals surface area contributed by atoms with Gasteiger partial charge in [0, 0.05) is 18.4 Å². The van der Waals surface area contributed by atoms with Gasteiger partial charge < -0.3 is 19.5 Å². The van der Waals surface area contributed by atoms with Gasteiger partial charge in [0.2, 0.25) is 0 Å². The summed E-state index contributed by atoms with van der Waals surface area (Å²) in [6, 6.07) is 4.15. The molecule has 2 unspecified atom stereocenters. The molecule has 1 N–H and O–H groups in total. The van der Waals surface area contributed by atoms with Crippen LogP contribution in [-0.2, 0) is 16.1 Å². The van der Waals surface area contributed by atoms with E-state index in [4.69, 9.17) is 19.3 Å². The maximum absolute atomic E-state index is 15.2. The van der Waals surface area contributed by atoms with E-state index in [1.54, 1.807) is 35.3 Å². The molecule has 5 heterocycles. The SMILES string of the molecule is O=C1NC2c3cc(cccn(C4CCCCO4)nc3-c3cncc(n3)CO1)OC[C@H]2F. The van der Waals surface area contributed by atoms with Crippen LogP contribution in [0.25, 0.3) is 11.4 Å². The first-order valence-electron chi connectivity index (χ1n) is 10.3. The fourth-order valence-electron chi connectivity index (χ4n) is 3.85. The summed E-state index contributed by atoms with van der Waals surface area (Å²) in [5.74, 6) is 0.451. The fourth-order valence-corrected chi connectivity index (χ4v) is 3.85. The van der Waals surface area contributed by atoms with Crippen LogP contribution in [0.3, 0.4) is 0 Å². The van der Waals surface area contributed by atoms with E-state index in [1.165, 1.54) is 6.20 Å². The molecule has 162 valence electrons. The van der Waals surface area contributed by atoms with Gasteiger partial charge in [0.1, 0.15) is 36.6 Å². The number of carbonyl (C=O) groups is 1. The molecule has 1 saturated heterocycles. The van der Waals surface area contributed by atoms with E-state index in [2.05, 4.69) is 15.3 Å². The summed E-state index contributed by atoms with van der Waals surface area (Å²) in [6.07, 6.45) is 5.16. The molecule has 0 spiro atoms. The van der Waals surface area contributed by atoms with Gasteiger partial charge in [-0.1, -0.05) is 0 Å². The van der Waals surface area contributed by atoms with Gasteiger partial charge in [-0.05, 0) is 37.5 Å². The predicted molar refractivity (Wildman–Crippen MR) is 106 cm³/mol. The lowest BCUT2D eigenvalue weighted by Gasteiger charge is -2.25. The number of alkyl carbamates (subject to hydrolysis) is 1. The van der Waals surface area contributed by atoms with Gasteiger partial charge in [0.15, 0.2) is 6.17 Å². The topological polar surface area (TPSA) is 100 Å². The quantitative estimate of drug-likeness (QED) is 0.746. The molecule has 5 rings (SSSR count). The summed E-state index contributed by atoms with van der Waals surface area (Å²) < 4.78 is 33.6. The van der Waals surface area contributed by atoms with Gasteiger partial charge in [-0.15, -0.1) is 0 Å². The van der Waals surface area contributed by atoms with Gasteiger partial charge in [-0.2, -0.15) is 5.10 Å². The monoisotopic (exact) mass is 427 g/mol. The Hall–Kier alpha value is -3.27. The summed E-state index contributed by atoms with van der Waals surface area (Å²) in [5, 5.41) is 7.45. The highest BCUT2D eigenvalue weighted by Crippen LogP contribution is 2.33. The molecule has 0 aromatic carbocycles. The van der Waals surface area contributed by atoms with E-state index in [1.807, 2.05) is 0 Å². The van der Waals surface area contributed by atoms with Crippen molar-refractivity contribution in [2.45, 2.75) is 44.3 Å². The molecule has 3 aliphatic rings. The van der Waals surface area contributed by atoms with Crippen molar-refractivity contribution in [3.8, 4) is 17.1 Å². The molecule has 3 atom stereocenters. The zero-order valence-electron chi connectivity index (χ0n) is 16.7. The lowest BCUT2D eigenvalue weighted by molar-refractivity contribution is -0.0400. The van der Waals surface area contributed by atoms with Crippen molar-refractivity contribution in [2.75, 3.05) is 13.2 Å². The lowest BCUT2D eigenvalue weighted by Crippen LogP contribution is -2.37. The Bertz CT molecular complexity index is 1040. The van der Waals surface area contributed by atoms with E-state index < -0.39 is 18.3 Å². The summed E-state index contributed by atoms with van der Waals surface area (Å²) in [7, 11) is 0. The van der Waals surface area contributed by atoms with Crippen molar-refractivity contribution < 1.29 is 23.4 Å². The number of rotatable bonds is 1. The zero-order valence-corrected chi connectivity index (χ0v) is 16.7. The maximum atomic E-state index is 15.2. The van der Waals surface area contributed by atoms with Gasteiger partial charge in [0.25, 0.3) is 0 Å². The number of amides is 1. The number of cyclic esters (lactones) is 1. The van der Waals surface area contributed by atoms with Crippen molar-refractivity contribution in [1.82, 2.24) is 25.1 Å². The standard InChI is InChI=1S/C21H22FN5O4/c22-16-12-30-14-4-3-6-27(18-5-1-2-7-29-18)26-20-15(8-14)19(16)25-21(28)31-11-13-9-23-10-17(20)24-13/h3-4,6,8-10,16,18-19H,1-2,5,7,11-12H2,(H,25,28)/t16-,18?,19?/m1/s1. The van der Waals surface area contributed by atoms with Crippen molar-refractivity contribution in [3.63, 3.8) is 0 Å². The molecule has 0 aliphatic carbocycles. The molecule has 4 bridgehead atoms. The predicted octanol–water partition coefficient (Wildman–Crippen LogP) is 3.18. The zero-order chi connectivity index (χ0) is 21.2. The summed E-state index contributed by atoms with van der Waals surface area (Å²) in [6.45, 7) is 0.337. The summed E-state index contributed by atoms with van der Waals surface area (Å²) in [4.78, 5) is 21.1. The van der Waals surface area contributed by atoms with Crippen LogP contribution in [0.2, 0.25) is 0 Å². The van der Waals surface area contributed by atoms with E-state index in [0.29, 0.717) is 35.0 Å². The number of ether oxygens (including phenoxy) is 3.